The zero-order valence-electron chi connectivity index (χ0n) is 20.8. The molecule has 3 aromatic heterocycles. The number of thiazole rings is 1. The molecule has 0 aliphatic carbocycles. The number of hydrogen-bond donors (Lipinski definition) is 1. The topological polar surface area (TPSA) is 132 Å². The van der Waals surface area contributed by atoms with E-state index in [0.717, 1.165) is 42.9 Å². The van der Waals surface area contributed by atoms with E-state index in [-0.39, 0.29) is 18.9 Å². The van der Waals surface area contributed by atoms with Crippen LogP contribution in [-0.2, 0) is 4.74 Å². The molecule has 0 saturated carbocycles. The van der Waals surface area contributed by atoms with Crippen LogP contribution < -0.4 is 14.8 Å². The van der Waals surface area contributed by atoms with Gasteiger partial charge in [-0.15, -0.1) is 11.3 Å². The van der Waals surface area contributed by atoms with Gasteiger partial charge < -0.3 is 14.2 Å². The number of nitrogens with zero attached hydrogens (tertiary/aromatic N) is 5. The zero-order valence-corrected chi connectivity index (χ0v) is 21.6. The summed E-state index contributed by atoms with van der Waals surface area (Å²) in [6.45, 7) is 4.22. The molecule has 0 bridgehead atoms. The van der Waals surface area contributed by atoms with Crippen LogP contribution in [0, 0.1) is 25.2 Å². The number of benzene rings is 2. The quantitative estimate of drug-likeness (QED) is 0.276. The molecule has 190 valence electrons. The van der Waals surface area contributed by atoms with Gasteiger partial charge in [-0.1, -0.05) is 0 Å². The second kappa shape index (κ2) is 10.7. The molecule has 10 nitrogen and oxygen atoms in total. The van der Waals surface area contributed by atoms with Crippen molar-refractivity contribution in [3.63, 3.8) is 0 Å². The van der Waals surface area contributed by atoms with Crippen LogP contribution in [0.15, 0.2) is 48.8 Å². The number of hydrogen-bond acceptors (Lipinski definition) is 10. The fraction of sp³-hybridized carbons (Fsp3) is 0.185. The van der Waals surface area contributed by atoms with Crippen molar-refractivity contribution in [1.29, 1.82) is 5.26 Å². The van der Waals surface area contributed by atoms with Crippen molar-refractivity contribution in [1.82, 2.24) is 19.9 Å². The summed E-state index contributed by atoms with van der Waals surface area (Å²) in [5.41, 5.74) is 6.03. The number of methoxy groups -OCH3 is 1. The van der Waals surface area contributed by atoms with Crippen LogP contribution in [0.5, 0.6) is 11.6 Å². The van der Waals surface area contributed by atoms with E-state index >= 15 is 0 Å². The van der Waals surface area contributed by atoms with Crippen LogP contribution in [0.2, 0.25) is 0 Å². The van der Waals surface area contributed by atoms with Gasteiger partial charge in [0.1, 0.15) is 35.7 Å². The fourth-order valence-electron chi connectivity index (χ4n) is 3.85. The Labute approximate surface area is 221 Å². The SMILES string of the molecule is COc1cnc2c(-c3nc4c(C)cc(OCCOC(=O)Nc5ccc(C#N)nc5)cc4s3)cc(C)cc2n1. The highest BCUT2D eigenvalue weighted by molar-refractivity contribution is 7.21. The predicted octanol–water partition coefficient (Wildman–Crippen LogP) is 5.43. The molecule has 2 aromatic carbocycles. The molecule has 5 rings (SSSR count). The summed E-state index contributed by atoms with van der Waals surface area (Å²) in [5.74, 6) is 1.12. The van der Waals surface area contributed by atoms with E-state index in [4.69, 9.17) is 24.5 Å². The molecule has 5 aromatic rings. The Balaban J connectivity index is 1.27. The maximum atomic E-state index is 12.0. The standard InChI is InChI=1S/C27H22N6O4S/c1-15-8-20(25-21(9-15)32-23(35-3)14-30-25)26-33-24-16(2)10-19(11-22(24)38-26)36-6-7-37-27(34)31-18-5-4-17(12-28)29-13-18/h4-5,8-11,13-14H,6-7H2,1-3H3,(H,31,34). The number of carbonyl (C=O) groups excluding carboxylic acids is 1. The monoisotopic (exact) mass is 526 g/mol. The first kappa shape index (κ1) is 24.9. The van der Waals surface area contributed by atoms with Gasteiger partial charge in [0.25, 0.3) is 0 Å². The summed E-state index contributed by atoms with van der Waals surface area (Å²) in [6.07, 6.45) is 2.36. The first-order chi connectivity index (χ1) is 18.4. The fourth-order valence-corrected chi connectivity index (χ4v) is 4.94. The third-order valence-electron chi connectivity index (χ3n) is 5.58. The van der Waals surface area contributed by atoms with Gasteiger partial charge >= 0.3 is 6.09 Å². The number of ether oxygens (including phenoxy) is 3. The summed E-state index contributed by atoms with van der Waals surface area (Å²) in [5, 5.41) is 12.2. The van der Waals surface area contributed by atoms with Crippen LogP contribution in [-0.4, -0.2) is 46.4 Å². The minimum Gasteiger partial charge on any atom is -0.490 e. The highest BCUT2D eigenvalue weighted by atomic mass is 32.1. The van der Waals surface area contributed by atoms with Crippen LogP contribution >= 0.6 is 11.3 Å². The van der Waals surface area contributed by atoms with Gasteiger partial charge in [0.05, 0.1) is 46.4 Å². The Morgan fingerprint density at radius 2 is 1.92 bits per heavy atom. The van der Waals surface area contributed by atoms with Crippen LogP contribution in [0.3, 0.4) is 0 Å². The molecule has 0 aliphatic heterocycles. The lowest BCUT2D eigenvalue weighted by Gasteiger charge is -2.09. The number of nitrogens with one attached hydrogen (secondary N) is 1. The molecule has 0 aliphatic rings. The second-order valence-corrected chi connectivity index (χ2v) is 9.38. The van der Waals surface area contributed by atoms with Crippen molar-refractivity contribution in [3.8, 4) is 28.3 Å². The Morgan fingerprint density at radius 1 is 1.05 bits per heavy atom. The summed E-state index contributed by atoms with van der Waals surface area (Å²) in [4.78, 5) is 29.9. The van der Waals surface area contributed by atoms with Gasteiger partial charge in [-0.05, 0) is 61.4 Å². The van der Waals surface area contributed by atoms with E-state index in [1.165, 1.54) is 12.3 Å². The average Bonchev–Trinajstić information content (AvgIpc) is 3.35. The van der Waals surface area contributed by atoms with Crippen molar-refractivity contribution < 1.29 is 19.0 Å². The Hall–Kier alpha value is -4.82. The minimum atomic E-state index is -0.634. The third kappa shape index (κ3) is 5.30. The number of rotatable bonds is 7. The average molecular weight is 527 g/mol. The van der Waals surface area contributed by atoms with E-state index in [2.05, 4.69) is 26.3 Å². The number of aryl methyl sites for hydroxylation is 2. The normalized spacial score (nSPS) is 10.8. The van der Waals surface area contributed by atoms with Gasteiger partial charge in [-0.2, -0.15) is 5.26 Å². The lowest BCUT2D eigenvalue weighted by molar-refractivity contribution is 0.138. The number of anilines is 1. The Bertz CT molecular complexity index is 1690. The molecular formula is C27H22N6O4S. The number of fused-ring (bicyclic) bond motifs is 2. The number of nitriles is 1. The molecule has 1 amide bonds. The summed E-state index contributed by atoms with van der Waals surface area (Å²) in [7, 11) is 1.57. The van der Waals surface area contributed by atoms with Crippen molar-refractivity contribution in [2.24, 2.45) is 0 Å². The van der Waals surface area contributed by atoms with Crippen LogP contribution in [0.4, 0.5) is 10.5 Å². The molecule has 38 heavy (non-hydrogen) atoms. The largest absolute Gasteiger partial charge is 0.490 e. The summed E-state index contributed by atoms with van der Waals surface area (Å²) >= 11 is 1.55. The molecule has 0 radical (unpaired) electrons. The molecule has 11 heteroatoms. The molecule has 3 heterocycles. The Kier molecular flexibility index (Phi) is 6.97. The van der Waals surface area contributed by atoms with E-state index in [9.17, 15) is 4.79 Å². The Morgan fingerprint density at radius 3 is 2.68 bits per heavy atom. The maximum Gasteiger partial charge on any atom is 0.411 e. The molecule has 0 spiro atoms. The predicted molar refractivity (Wildman–Crippen MR) is 144 cm³/mol. The lowest BCUT2D eigenvalue weighted by atomic mass is 10.1. The molecule has 0 saturated heterocycles. The van der Waals surface area contributed by atoms with Crippen molar-refractivity contribution in [2.45, 2.75) is 13.8 Å². The summed E-state index contributed by atoms with van der Waals surface area (Å²) in [6, 6.07) is 12.9. The van der Waals surface area contributed by atoms with Gasteiger partial charge in [0.2, 0.25) is 5.88 Å². The number of amides is 1. The smallest absolute Gasteiger partial charge is 0.411 e. The number of carbonyl (C=O) groups is 1. The van der Waals surface area contributed by atoms with Crippen LogP contribution in [0.25, 0.3) is 31.8 Å². The maximum absolute atomic E-state index is 12.0. The highest BCUT2D eigenvalue weighted by Gasteiger charge is 2.15. The van der Waals surface area contributed by atoms with Gasteiger partial charge in [0, 0.05) is 5.56 Å². The van der Waals surface area contributed by atoms with Crippen LogP contribution in [0.1, 0.15) is 16.8 Å². The van der Waals surface area contributed by atoms with Gasteiger partial charge in [-0.25, -0.2) is 24.7 Å². The lowest BCUT2D eigenvalue weighted by Crippen LogP contribution is -2.17. The van der Waals surface area contributed by atoms with E-state index < -0.39 is 6.09 Å². The highest BCUT2D eigenvalue weighted by Crippen LogP contribution is 2.37. The first-order valence-electron chi connectivity index (χ1n) is 11.6. The second-order valence-electron chi connectivity index (χ2n) is 8.35. The number of aromatic nitrogens is 4. The first-order valence-corrected chi connectivity index (χ1v) is 12.4. The summed E-state index contributed by atoms with van der Waals surface area (Å²) < 4.78 is 17.2. The van der Waals surface area contributed by atoms with E-state index in [1.807, 2.05) is 38.1 Å². The van der Waals surface area contributed by atoms with Gasteiger partial charge in [-0.3, -0.25) is 5.32 Å². The minimum absolute atomic E-state index is 0.0536. The van der Waals surface area contributed by atoms with E-state index in [0.29, 0.717) is 17.3 Å². The molecule has 0 atom stereocenters. The van der Waals surface area contributed by atoms with Crippen molar-refractivity contribution in [2.75, 3.05) is 25.6 Å². The van der Waals surface area contributed by atoms with Crippen molar-refractivity contribution in [3.05, 3.63) is 65.6 Å². The van der Waals surface area contributed by atoms with E-state index in [1.54, 1.807) is 30.7 Å². The van der Waals surface area contributed by atoms with Crippen molar-refractivity contribution >= 4 is 44.4 Å². The molecule has 0 unspecified atom stereocenters. The third-order valence-corrected chi connectivity index (χ3v) is 6.61. The molecule has 1 N–H and O–H groups in total. The van der Waals surface area contributed by atoms with Gasteiger partial charge in [0.15, 0.2) is 0 Å². The number of pyridine rings is 1. The zero-order chi connectivity index (χ0) is 26.6. The molecule has 0 fully saturated rings. The molecular weight excluding hydrogens is 504 g/mol.